The van der Waals surface area contributed by atoms with Gasteiger partial charge >= 0.3 is 0 Å². The van der Waals surface area contributed by atoms with Crippen LogP contribution < -0.4 is 15.8 Å². The molecule has 146 valence electrons. The number of ether oxygens (including phenoxy) is 1. The zero-order chi connectivity index (χ0) is 18.9. The highest BCUT2D eigenvalue weighted by Gasteiger charge is 2.23. The fourth-order valence-electron chi connectivity index (χ4n) is 3.01. The lowest BCUT2D eigenvalue weighted by molar-refractivity contribution is -0.118. The summed E-state index contributed by atoms with van der Waals surface area (Å²) >= 11 is 0. The summed E-state index contributed by atoms with van der Waals surface area (Å²) in [6, 6.07) is 5.01. The lowest BCUT2D eigenvalue weighted by Crippen LogP contribution is -2.30. The minimum Gasteiger partial charge on any atom is -0.490 e. The zero-order valence-electron chi connectivity index (χ0n) is 16.1. The molecule has 26 heavy (non-hydrogen) atoms. The van der Waals surface area contributed by atoms with E-state index < -0.39 is 0 Å². The van der Waals surface area contributed by atoms with Crippen LogP contribution in [0.2, 0.25) is 0 Å². The molecule has 1 aliphatic carbocycles. The molecule has 2 rings (SSSR count). The van der Waals surface area contributed by atoms with E-state index >= 15 is 0 Å². The van der Waals surface area contributed by atoms with Crippen LogP contribution in [-0.4, -0.2) is 25.5 Å². The van der Waals surface area contributed by atoms with Gasteiger partial charge in [0.05, 0.1) is 13.2 Å². The lowest BCUT2D eigenvalue weighted by atomic mass is 9.95. The molecule has 0 saturated heterocycles. The van der Waals surface area contributed by atoms with Crippen molar-refractivity contribution in [1.82, 2.24) is 5.32 Å². The molecule has 0 bridgehead atoms. The lowest BCUT2D eigenvalue weighted by Gasteiger charge is -2.23. The average Bonchev–Trinajstić information content (AvgIpc) is 3.43. The molecule has 1 unspecified atom stereocenters. The highest BCUT2D eigenvalue weighted by molar-refractivity contribution is 5.80. The highest BCUT2D eigenvalue weighted by atomic mass is 19.1. The molecule has 5 heteroatoms. The summed E-state index contributed by atoms with van der Waals surface area (Å²) in [5.41, 5.74) is 6.43. The van der Waals surface area contributed by atoms with Gasteiger partial charge in [0.15, 0.2) is 11.6 Å². The van der Waals surface area contributed by atoms with Crippen LogP contribution in [0.3, 0.4) is 0 Å². The SMILES string of the molecule is CC(C)C(NCC(=O)CCCCCN)c1ccc(F)c(OCC2CC2)c1. The third-order valence-electron chi connectivity index (χ3n) is 4.83. The Morgan fingerprint density at radius 3 is 2.73 bits per heavy atom. The molecule has 0 aromatic heterocycles. The summed E-state index contributed by atoms with van der Waals surface area (Å²) in [7, 11) is 0. The molecule has 1 aliphatic rings. The van der Waals surface area contributed by atoms with Gasteiger partial charge in [-0.25, -0.2) is 4.39 Å². The number of hydrogen-bond acceptors (Lipinski definition) is 4. The summed E-state index contributed by atoms with van der Waals surface area (Å²) in [6.45, 7) is 5.79. The van der Waals surface area contributed by atoms with E-state index in [0.29, 0.717) is 37.8 Å². The van der Waals surface area contributed by atoms with Crippen molar-refractivity contribution in [1.29, 1.82) is 0 Å². The Labute approximate surface area is 156 Å². The number of carbonyl (C=O) groups excluding carboxylic acids is 1. The smallest absolute Gasteiger partial charge is 0.165 e. The molecule has 1 saturated carbocycles. The van der Waals surface area contributed by atoms with Gasteiger partial charge in [0.2, 0.25) is 0 Å². The van der Waals surface area contributed by atoms with Gasteiger partial charge in [-0.1, -0.05) is 26.3 Å². The van der Waals surface area contributed by atoms with E-state index in [9.17, 15) is 9.18 Å². The number of nitrogens with two attached hydrogens (primary N) is 1. The van der Waals surface area contributed by atoms with E-state index in [1.165, 1.54) is 18.9 Å². The fourth-order valence-corrected chi connectivity index (χ4v) is 3.01. The molecule has 4 nitrogen and oxygen atoms in total. The van der Waals surface area contributed by atoms with Gasteiger partial charge in [-0.3, -0.25) is 4.79 Å². The molecule has 0 spiro atoms. The van der Waals surface area contributed by atoms with Crippen molar-refractivity contribution in [2.45, 2.75) is 58.4 Å². The Morgan fingerprint density at radius 2 is 2.08 bits per heavy atom. The van der Waals surface area contributed by atoms with Crippen molar-refractivity contribution in [3.63, 3.8) is 0 Å². The van der Waals surface area contributed by atoms with Crippen LogP contribution >= 0.6 is 0 Å². The number of hydrogen-bond donors (Lipinski definition) is 2. The molecule has 3 N–H and O–H groups in total. The first-order valence-corrected chi connectivity index (χ1v) is 9.88. The summed E-state index contributed by atoms with van der Waals surface area (Å²) in [4.78, 5) is 12.1. The van der Waals surface area contributed by atoms with Gasteiger partial charge in [-0.05, 0) is 61.8 Å². The van der Waals surface area contributed by atoms with E-state index in [-0.39, 0.29) is 23.6 Å². The molecule has 0 radical (unpaired) electrons. The van der Waals surface area contributed by atoms with Crippen LogP contribution in [0.15, 0.2) is 18.2 Å². The normalized spacial score (nSPS) is 15.3. The summed E-state index contributed by atoms with van der Waals surface area (Å²) in [6.07, 6.45) is 5.77. The van der Waals surface area contributed by atoms with Gasteiger partial charge in [-0.2, -0.15) is 0 Å². The van der Waals surface area contributed by atoms with Crippen molar-refractivity contribution in [3.8, 4) is 5.75 Å². The number of Topliss-reactive ketones (excluding diaryl/α,β-unsaturated/α-hetero) is 1. The molecule has 1 aromatic carbocycles. The van der Waals surface area contributed by atoms with Gasteiger partial charge in [0.25, 0.3) is 0 Å². The first-order valence-electron chi connectivity index (χ1n) is 9.88. The number of rotatable bonds is 13. The Morgan fingerprint density at radius 1 is 1.31 bits per heavy atom. The zero-order valence-corrected chi connectivity index (χ0v) is 16.1. The van der Waals surface area contributed by atoms with E-state index in [1.54, 1.807) is 12.1 Å². The third-order valence-corrected chi connectivity index (χ3v) is 4.83. The molecule has 0 heterocycles. The number of carbonyl (C=O) groups is 1. The highest BCUT2D eigenvalue weighted by Crippen LogP contribution is 2.32. The minimum absolute atomic E-state index is 0.00753. The Kier molecular flexibility index (Phi) is 8.52. The van der Waals surface area contributed by atoms with E-state index in [0.717, 1.165) is 24.8 Å². The van der Waals surface area contributed by atoms with Gasteiger partial charge in [-0.15, -0.1) is 0 Å². The quantitative estimate of drug-likeness (QED) is 0.520. The van der Waals surface area contributed by atoms with Crippen molar-refractivity contribution in [3.05, 3.63) is 29.6 Å². The van der Waals surface area contributed by atoms with Gasteiger partial charge < -0.3 is 15.8 Å². The second-order valence-corrected chi connectivity index (χ2v) is 7.68. The minimum atomic E-state index is -0.326. The van der Waals surface area contributed by atoms with Crippen LogP contribution in [0.5, 0.6) is 5.75 Å². The van der Waals surface area contributed by atoms with Crippen LogP contribution in [0.1, 0.15) is 64.0 Å². The number of unbranched alkanes of at least 4 members (excludes halogenated alkanes) is 2. The van der Waals surface area contributed by atoms with Crippen molar-refractivity contribution in [2.24, 2.45) is 17.6 Å². The second kappa shape index (κ2) is 10.6. The van der Waals surface area contributed by atoms with Crippen molar-refractivity contribution in [2.75, 3.05) is 19.7 Å². The second-order valence-electron chi connectivity index (χ2n) is 7.68. The molecule has 1 fully saturated rings. The molecule has 1 aromatic rings. The molecule has 0 amide bonds. The van der Waals surface area contributed by atoms with Gasteiger partial charge in [0, 0.05) is 12.5 Å². The molecule has 1 atom stereocenters. The summed E-state index contributed by atoms with van der Waals surface area (Å²) < 4.78 is 19.7. The van der Waals surface area contributed by atoms with E-state index in [1.807, 2.05) is 0 Å². The average molecular weight is 365 g/mol. The first kappa shape index (κ1) is 20.8. The monoisotopic (exact) mass is 364 g/mol. The standard InChI is InChI=1S/C21H33FN2O2/c1-15(2)21(24-13-18(25)6-4-3-5-11-23)17-9-10-19(22)20(12-17)26-14-16-7-8-16/h9-10,12,15-16,21,24H,3-8,11,13-14,23H2,1-2H3. The van der Waals surface area contributed by atoms with Gasteiger partial charge in [0.1, 0.15) is 5.78 Å². The fraction of sp³-hybridized carbons (Fsp3) is 0.667. The van der Waals surface area contributed by atoms with Crippen LogP contribution in [0.4, 0.5) is 4.39 Å². The third kappa shape index (κ3) is 7.04. The maximum Gasteiger partial charge on any atom is 0.165 e. The Bertz CT molecular complexity index is 573. The van der Waals surface area contributed by atoms with Crippen LogP contribution in [0.25, 0.3) is 0 Å². The topological polar surface area (TPSA) is 64.4 Å². The van der Waals surface area contributed by atoms with Crippen molar-refractivity contribution < 1.29 is 13.9 Å². The molecular weight excluding hydrogens is 331 g/mol. The number of benzene rings is 1. The molecule has 0 aliphatic heterocycles. The largest absolute Gasteiger partial charge is 0.490 e. The number of ketones is 1. The van der Waals surface area contributed by atoms with Crippen LogP contribution in [-0.2, 0) is 4.79 Å². The van der Waals surface area contributed by atoms with Crippen LogP contribution in [0, 0.1) is 17.7 Å². The predicted molar refractivity (Wildman–Crippen MR) is 103 cm³/mol. The summed E-state index contributed by atoms with van der Waals surface area (Å²) in [5.74, 6) is 1.05. The maximum atomic E-state index is 14.0. The maximum absolute atomic E-state index is 14.0. The first-order chi connectivity index (χ1) is 12.5. The Hall–Kier alpha value is -1.46. The number of halogens is 1. The summed E-state index contributed by atoms with van der Waals surface area (Å²) in [5, 5.41) is 3.35. The Balaban J connectivity index is 1.91. The van der Waals surface area contributed by atoms with Crippen molar-refractivity contribution >= 4 is 5.78 Å². The predicted octanol–water partition coefficient (Wildman–Crippen LogP) is 3.99. The molecular formula is C21H33FN2O2. The van der Waals surface area contributed by atoms with E-state index in [2.05, 4.69) is 19.2 Å². The number of nitrogens with one attached hydrogen (secondary N) is 1. The van der Waals surface area contributed by atoms with E-state index in [4.69, 9.17) is 10.5 Å².